The zero-order chi connectivity index (χ0) is 15.9. The first kappa shape index (κ1) is 16.8. The Morgan fingerprint density at radius 3 is 2.73 bits per heavy atom. The van der Waals surface area contributed by atoms with Crippen LogP contribution in [0.15, 0.2) is 30.3 Å². The maximum Gasteiger partial charge on any atom is 0.330 e. The van der Waals surface area contributed by atoms with Gasteiger partial charge in [-0.1, -0.05) is 38.1 Å². The molecule has 0 aliphatic carbocycles. The van der Waals surface area contributed by atoms with Gasteiger partial charge in [0, 0.05) is 12.1 Å². The minimum atomic E-state index is -0.320. The molecular formula is C19H27NO2. The van der Waals surface area contributed by atoms with Gasteiger partial charge in [0.05, 0.1) is 7.11 Å². The van der Waals surface area contributed by atoms with E-state index in [1.54, 1.807) is 6.08 Å². The van der Waals surface area contributed by atoms with E-state index in [2.05, 4.69) is 47.7 Å². The fourth-order valence-corrected chi connectivity index (χ4v) is 2.96. The van der Waals surface area contributed by atoms with Crippen LogP contribution in [0.2, 0.25) is 0 Å². The van der Waals surface area contributed by atoms with E-state index in [0.29, 0.717) is 6.04 Å². The van der Waals surface area contributed by atoms with E-state index in [1.165, 1.54) is 51.1 Å². The lowest BCUT2D eigenvalue weighted by molar-refractivity contribution is -0.134. The van der Waals surface area contributed by atoms with Crippen molar-refractivity contribution in [1.82, 2.24) is 4.90 Å². The molecule has 2 rings (SSSR count). The first-order chi connectivity index (χ1) is 10.6. The van der Waals surface area contributed by atoms with Crippen molar-refractivity contribution in [2.45, 2.75) is 39.2 Å². The Morgan fingerprint density at radius 1 is 1.36 bits per heavy atom. The largest absolute Gasteiger partial charge is 0.466 e. The molecule has 1 aliphatic heterocycles. The van der Waals surface area contributed by atoms with Crippen LogP contribution >= 0.6 is 0 Å². The number of methoxy groups -OCH3 is 1. The summed E-state index contributed by atoms with van der Waals surface area (Å²) in [7, 11) is 1.39. The van der Waals surface area contributed by atoms with Crippen LogP contribution in [0.5, 0.6) is 0 Å². The average molecular weight is 301 g/mol. The smallest absolute Gasteiger partial charge is 0.330 e. The van der Waals surface area contributed by atoms with Gasteiger partial charge in [-0.2, -0.15) is 0 Å². The highest BCUT2D eigenvalue weighted by atomic mass is 16.5. The minimum absolute atomic E-state index is 0.320. The van der Waals surface area contributed by atoms with Crippen molar-refractivity contribution < 1.29 is 9.53 Å². The summed E-state index contributed by atoms with van der Waals surface area (Å²) in [5.74, 6) is 0.437. The maximum atomic E-state index is 11.1. The summed E-state index contributed by atoms with van der Waals surface area (Å²) in [4.78, 5) is 13.7. The van der Waals surface area contributed by atoms with Crippen molar-refractivity contribution in [3.63, 3.8) is 0 Å². The maximum absolute atomic E-state index is 11.1. The molecule has 0 N–H and O–H groups in total. The van der Waals surface area contributed by atoms with Gasteiger partial charge < -0.3 is 4.74 Å². The number of benzene rings is 1. The summed E-state index contributed by atoms with van der Waals surface area (Å²) in [6, 6.07) is 9.09. The first-order valence-corrected chi connectivity index (χ1v) is 8.20. The number of carbonyl (C=O) groups excluding carboxylic acids is 1. The van der Waals surface area contributed by atoms with Crippen LogP contribution in [0.4, 0.5) is 0 Å². The molecule has 1 aromatic rings. The Hall–Kier alpha value is -1.61. The zero-order valence-corrected chi connectivity index (χ0v) is 13.9. The number of hydrogen-bond acceptors (Lipinski definition) is 3. The molecule has 1 aliphatic rings. The quantitative estimate of drug-likeness (QED) is 0.586. The van der Waals surface area contributed by atoms with Crippen molar-refractivity contribution >= 4 is 12.0 Å². The van der Waals surface area contributed by atoms with Crippen molar-refractivity contribution in [2.24, 2.45) is 5.92 Å². The Balaban J connectivity index is 1.99. The fraction of sp³-hybridized carbons (Fsp3) is 0.526. The number of hydrogen-bond donors (Lipinski definition) is 0. The van der Waals surface area contributed by atoms with E-state index < -0.39 is 0 Å². The first-order valence-electron chi connectivity index (χ1n) is 8.20. The lowest BCUT2D eigenvalue weighted by Gasteiger charge is -2.25. The molecule has 1 atom stereocenters. The van der Waals surface area contributed by atoms with Gasteiger partial charge in [-0.3, -0.25) is 4.90 Å². The molecule has 0 spiro atoms. The van der Waals surface area contributed by atoms with Gasteiger partial charge >= 0.3 is 5.97 Å². The molecule has 3 nitrogen and oxygen atoms in total. The number of carbonyl (C=O) groups is 1. The molecule has 1 aromatic carbocycles. The standard InChI is InChI=1S/C19H27NO2/c1-15(2)12-14-20-13-4-5-18(20)17-9-6-16(7-10-17)8-11-19(21)22-3/h6-11,15,18H,4-5,12-14H2,1-3H3. The van der Waals surface area contributed by atoms with Gasteiger partial charge in [0.1, 0.15) is 0 Å². The van der Waals surface area contributed by atoms with E-state index >= 15 is 0 Å². The molecule has 22 heavy (non-hydrogen) atoms. The third-order valence-corrected chi connectivity index (χ3v) is 4.29. The number of nitrogens with zero attached hydrogens (tertiary/aromatic N) is 1. The molecule has 1 fully saturated rings. The summed E-state index contributed by atoms with van der Waals surface area (Å²) < 4.78 is 4.60. The third-order valence-electron chi connectivity index (χ3n) is 4.29. The van der Waals surface area contributed by atoms with Gasteiger partial charge in [-0.05, 0) is 55.5 Å². The van der Waals surface area contributed by atoms with Crippen LogP contribution < -0.4 is 0 Å². The van der Waals surface area contributed by atoms with Crippen LogP contribution in [-0.4, -0.2) is 31.1 Å². The molecule has 1 saturated heterocycles. The normalized spacial score (nSPS) is 19.2. The Morgan fingerprint density at radius 2 is 2.09 bits per heavy atom. The average Bonchev–Trinajstić information content (AvgIpc) is 2.99. The SMILES string of the molecule is COC(=O)C=Cc1ccc(C2CCCN2CCC(C)C)cc1. The second-order valence-corrected chi connectivity index (χ2v) is 6.40. The van der Waals surface area contributed by atoms with Gasteiger partial charge in [0.25, 0.3) is 0 Å². The highest BCUT2D eigenvalue weighted by Gasteiger charge is 2.25. The summed E-state index contributed by atoms with van der Waals surface area (Å²) in [6.45, 7) is 6.97. The highest BCUT2D eigenvalue weighted by Crippen LogP contribution is 2.32. The number of ether oxygens (including phenoxy) is 1. The zero-order valence-electron chi connectivity index (χ0n) is 13.9. The fourth-order valence-electron chi connectivity index (χ4n) is 2.96. The minimum Gasteiger partial charge on any atom is -0.466 e. The van der Waals surface area contributed by atoms with Crippen LogP contribution in [0, 0.1) is 5.92 Å². The molecule has 120 valence electrons. The molecule has 1 unspecified atom stereocenters. The van der Waals surface area contributed by atoms with Crippen molar-refractivity contribution in [2.75, 3.05) is 20.2 Å². The lowest BCUT2D eigenvalue weighted by Crippen LogP contribution is -2.25. The molecule has 3 heteroatoms. The van der Waals surface area contributed by atoms with Crippen LogP contribution in [0.25, 0.3) is 6.08 Å². The van der Waals surface area contributed by atoms with E-state index in [-0.39, 0.29) is 5.97 Å². The predicted octanol–water partition coefficient (Wildman–Crippen LogP) is 4.06. The van der Waals surface area contributed by atoms with E-state index in [1.807, 2.05) is 0 Å². The monoisotopic (exact) mass is 301 g/mol. The van der Waals surface area contributed by atoms with E-state index in [9.17, 15) is 4.79 Å². The number of esters is 1. The van der Waals surface area contributed by atoms with Crippen molar-refractivity contribution in [3.8, 4) is 0 Å². The van der Waals surface area contributed by atoms with Crippen molar-refractivity contribution in [3.05, 3.63) is 41.5 Å². The van der Waals surface area contributed by atoms with E-state index in [4.69, 9.17) is 0 Å². The lowest BCUT2D eigenvalue weighted by atomic mass is 10.0. The molecule has 1 heterocycles. The summed E-state index contributed by atoms with van der Waals surface area (Å²) in [6.07, 6.45) is 7.04. The van der Waals surface area contributed by atoms with Crippen molar-refractivity contribution in [1.29, 1.82) is 0 Å². The molecule has 0 bridgehead atoms. The highest BCUT2D eigenvalue weighted by molar-refractivity contribution is 5.86. The molecule has 0 radical (unpaired) electrons. The third kappa shape index (κ3) is 4.70. The second kappa shape index (κ2) is 8.14. The van der Waals surface area contributed by atoms with Crippen LogP contribution in [0.3, 0.4) is 0 Å². The van der Waals surface area contributed by atoms with Crippen LogP contribution in [0.1, 0.15) is 50.3 Å². The molecular weight excluding hydrogens is 274 g/mol. The summed E-state index contributed by atoms with van der Waals surface area (Å²) >= 11 is 0. The Labute approximate surface area is 134 Å². The summed E-state index contributed by atoms with van der Waals surface area (Å²) in [5, 5.41) is 0. The Bertz CT molecular complexity index is 505. The van der Waals surface area contributed by atoms with Gasteiger partial charge in [-0.15, -0.1) is 0 Å². The van der Waals surface area contributed by atoms with E-state index in [0.717, 1.165) is 11.5 Å². The molecule has 0 amide bonds. The molecule has 0 aromatic heterocycles. The van der Waals surface area contributed by atoms with Gasteiger partial charge in [0.2, 0.25) is 0 Å². The Kier molecular flexibility index (Phi) is 6.20. The second-order valence-electron chi connectivity index (χ2n) is 6.40. The number of likely N-dealkylation sites (tertiary alicyclic amines) is 1. The predicted molar refractivity (Wildman–Crippen MR) is 90.5 cm³/mol. The molecule has 0 saturated carbocycles. The summed E-state index contributed by atoms with van der Waals surface area (Å²) in [5.41, 5.74) is 2.41. The topological polar surface area (TPSA) is 29.5 Å². The number of rotatable bonds is 6. The van der Waals surface area contributed by atoms with Crippen LogP contribution in [-0.2, 0) is 9.53 Å². The van der Waals surface area contributed by atoms with Gasteiger partial charge in [-0.25, -0.2) is 4.79 Å². The van der Waals surface area contributed by atoms with Gasteiger partial charge in [0.15, 0.2) is 0 Å².